The summed E-state index contributed by atoms with van der Waals surface area (Å²) >= 11 is 1.28. The lowest BCUT2D eigenvalue weighted by Crippen LogP contribution is -2.31. The molecule has 0 radical (unpaired) electrons. The quantitative estimate of drug-likeness (QED) is 0.264. The van der Waals surface area contributed by atoms with E-state index in [2.05, 4.69) is 9.97 Å². The van der Waals surface area contributed by atoms with Gasteiger partial charge in [-0.2, -0.15) is 0 Å². The van der Waals surface area contributed by atoms with Crippen molar-refractivity contribution in [3.8, 4) is 11.3 Å². The summed E-state index contributed by atoms with van der Waals surface area (Å²) in [5.41, 5.74) is 4.23. The molecule has 174 valence electrons. The molecule has 1 amide bonds. The Bertz CT molecular complexity index is 1700. The minimum Gasteiger partial charge on any atom is -0.278 e. The third-order valence-corrected chi connectivity index (χ3v) is 6.92. The first-order chi connectivity index (χ1) is 17.7. The van der Waals surface area contributed by atoms with Crippen LogP contribution in [0.2, 0.25) is 0 Å². The molecule has 0 atom stereocenters. The molecule has 0 saturated heterocycles. The van der Waals surface area contributed by atoms with E-state index in [0.717, 1.165) is 22.2 Å². The van der Waals surface area contributed by atoms with Crippen molar-refractivity contribution in [3.05, 3.63) is 120 Å². The zero-order valence-electron chi connectivity index (χ0n) is 19.0. The number of thiazole rings is 1. The maximum atomic E-state index is 14.3. The molecule has 6 aromatic rings. The lowest BCUT2D eigenvalue weighted by molar-refractivity contribution is 0.0986. The van der Waals surface area contributed by atoms with E-state index in [-0.39, 0.29) is 18.3 Å². The van der Waals surface area contributed by atoms with E-state index in [4.69, 9.17) is 4.98 Å². The highest BCUT2D eigenvalue weighted by atomic mass is 32.1. The summed E-state index contributed by atoms with van der Waals surface area (Å²) < 4.78 is 14.6. The second-order valence-corrected chi connectivity index (χ2v) is 9.27. The number of para-hydroxylation sites is 1. The van der Waals surface area contributed by atoms with Crippen molar-refractivity contribution in [3.63, 3.8) is 0 Å². The van der Waals surface area contributed by atoms with Crippen molar-refractivity contribution in [1.29, 1.82) is 0 Å². The fraction of sp³-hybridized carbons (Fsp3) is 0.0345. The van der Waals surface area contributed by atoms with Crippen molar-refractivity contribution >= 4 is 43.5 Å². The first kappa shape index (κ1) is 22.0. The van der Waals surface area contributed by atoms with Crippen LogP contribution >= 0.6 is 11.3 Å². The number of fused-ring (bicyclic) bond motifs is 2. The first-order valence-corrected chi connectivity index (χ1v) is 12.2. The third kappa shape index (κ3) is 4.21. The van der Waals surface area contributed by atoms with Gasteiger partial charge in [0.2, 0.25) is 0 Å². The number of rotatable bonds is 5. The number of halogens is 1. The van der Waals surface area contributed by atoms with Gasteiger partial charge in [-0.3, -0.25) is 14.7 Å². The summed E-state index contributed by atoms with van der Waals surface area (Å²) in [6.07, 6.45) is 1.70. The van der Waals surface area contributed by atoms with Gasteiger partial charge in [0.1, 0.15) is 5.82 Å². The third-order valence-electron chi connectivity index (χ3n) is 5.88. The Hall–Kier alpha value is -4.49. The van der Waals surface area contributed by atoms with Crippen LogP contribution in [0.3, 0.4) is 0 Å². The number of carbonyl (C=O) groups is 1. The Morgan fingerprint density at radius 2 is 1.64 bits per heavy atom. The van der Waals surface area contributed by atoms with Crippen molar-refractivity contribution in [2.75, 3.05) is 4.90 Å². The fourth-order valence-electron chi connectivity index (χ4n) is 4.14. The normalized spacial score (nSPS) is 11.1. The van der Waals surface area contributed by atoms with Gasteiger partial charge in [0.15, 0.2) is 5.13 Å². The van der Waals surface area contributed by atoms with Crippen LogP contribution in [-0.2, 0) is 6.54 Å². The predicted molar refractivity (Wildman–Crippen MR) is 142 cm³/mol. The van der Waals surface area contributed by atoms with Crippen molar-refractivity contribution in [1.82, 2.24) is 15.0 Å². The molecule has 6 rings (SSSR count). The SMILES string of the molecule is O=C(c1cc(-c2ccccc2)nc2ccccc12)N(Cc1ccccn1)c1nc2ccc(F)cc2s1. The molecule has 3 heterocycles. The molecule has 0 fully saturated rings. The zero-order chi connectivity index (χ0) is 24.5. The first-order valence-electron chi connectivity index (χ1n) is 11.4. The number of benzene rings is 3. The maximum absolute atomic E-state index is 14.3. The van der Waals surface area contributed by atoms with E-state index in [9.17, 15) is 9.18 Å². The van der Waals surface area contributed by atoms with Gasteiger partial charge in [-0.1, -0.05) is 65.9 Å². The van der Waals surface area contributed by atoms with E-state index in [1.165, 1.54) is 23.5 Å². The average Bonchev–Trinajstić information content (AvgIpc) is 3.34. The summed E-state index contributed by atoms with van der Waals surface area (Å²) in [6, 6.07) is 29.2. The Morgan fingerprint density at radius 1 is 0.833 bits per heavy atom. The van der Waals surface area contributed by atoms with Gasteiger partial charge >= 0.3 is 0 Å². The Kier molecular flexibility index (Phi) is 5.67. The van der Waals surface area contributed by atoms with Crippen LogP contribution in [0.1, 0.15) is 16.1 Å². The van der Waals surface area contributed by atoms with Gasteiger partial charge in [0, 0.05) is 17.1 Å². The lowest BCUT2D eigenvalue weighted by Gasteiger charge is -2.21. The molecule has 0 spiro atoms. The number of amides is 1. The molecule has 0 saturated carbocycles. The molecule has 3 aromatic carbocycles. The fourth-order valence-corrected chi connectivity index (χ4v) is 5.12. The maximum Gasteiger partial charge on any atom is 0.261 e. The predicted octanol–water partition coefficient (Wildman–Crippen LogP) is 6.89. The molecule has 0 N–H and O–H groups in total. The number of hydrogen-bond acceptors (Lipinski definition) is 5. The summed E-state index contributed by atoms with van der Waals surface area (Å²) in [4.78, 5) is 29.8. The van der Waals surface area contributed by atoms with Gasteiger partial charge in [0.05, 0.1) is 39.2 Å². The standard InChI is InChI=1S/C29H19FN4OS/c30-20-13-14-25-27(16-20)36-29(33-25)34(18-21-10-6-7-15-31-21)28(35)23-17-26(19-8-2-1-3-9-19)32-24-12-5-4-11-22(23)24/h1-17H,18H2. The van der Waals surface area contributed by atoms with Crippen LogP contribution in [0.5, 0.6) is 0 Å². The molecule has 36 heavy (non-hydrogen) atoms. The van der Waals surface area contributed by atoms with E-state index < -0.39 is 0 Å². The molecule has 0 aliphatic heterocycles. The Morgan fingerprint density at radius 3 is 2.47 bits per heavy atom. The topological polar surface area (TPSA) is 59.0 Å². The van der Waals surface area contributed by atoms with Crippen molar-refractivity contribution in [2.45, 2.75) is 6.54 Å². The zero-order valence-corrected chi connectivity index (χ0v) is 19.8. The minimum atomic E-state index is -0.340. The van der Waals surface area contributed by atoms with Gasteiger partial charge < -0.3 is 0 Å². The second kappa shape index (κ2) is 9.28. The number of carbonyl (C=O) groups excluding carboxylic acids is 1. The van der Waals surface area contributed by atoms with Crippen LogP contribution in [0, 0.1) is 5.82 Å². The summed E-state index contributed by atoms with van der Waals surface area (Å²) in [5, 5.41) is 1.23. The van der Waals surface area contributed by atoms with E-state index in [1.807, 2.05) is 78.9 Å². The van der Waals surface area contributed by atoms with Gasteiger partial charge in [-0.15, -0.1) is 0 Å². The highest BCUT2D eigenvalue weighted by Gasteiger charge is 2.25. The van der Waals surface area contributed by atoms with Gasteiger partial charge in [0.25, 0.3) is 5.91 Å². The van der Waals surface area contributed by atoms with E-state index in [0.29, 0.717) is 26.6 Å². The number of aromatic nitrogens is 3. The van der Waals surface area contributed by atoms with Crippen molar-refractivity contribution in [2.24, 2.45) is 0 Å². The average molecular weight is 491 g/mol. The van der Waals surface area contributed by atoms with Crippen molar-refractivity contribution < 1.29 is 9.18 Å². The molecule has 5 nitrogen and oxygen atoms in total. The summed E-state index contributed by atoms with van der Waals surface area (Å²) in [6.45, 7) is 0.222. The minimum absolute atomic E-state index is 0.222. The van der Waals surface area contributed by atoms with Crippen LogP contribution in [0.25, 0.3) is 32.4 Å². The molecule has 0 unspecified atom stereocenters. The molecular formula is C29H19FN4OS. The molecule has 0 aliphatic rings. The second-order valence-electron chi connectivity index (χ2n) is 8.26. The largest absolute Gasteiger partial charge is 0.278 e. The number of anilines is 1. The highest BCUT2D eigenvalue weighted by molar-refractivity contribution is 7.22. The van der Waals surface area contributed by atoms with Gasteiger partial charge in [-0.05, 0) is 42.5 Å². The Labute approximate surface area is 210 Å². The molecule has 0 bridgehead atoms. The van der Waals surface area contributed by atoms with Crippen LogP contribution in [-0.4, -0.2) is 20.9 Å². The number of hydrogen-bond donors (Lipinski definition) is 0. The van der Waals surface area contributed by atoms with Crippen LogP contribution < -0.4 is 4.90 Å². The Balaban J connectivity index is 1.52. The molecule has 3 aromatic heterocycles. The molecule has 7 heteroatoms. The lowest BCUT2D eigenvalue weighted by atomic mass is 10.0. The van der Waals surface area contributed by atoms with Crippen LogP contribution in [0.15, 0.2) is 103 Å². The smallest absolute Gasteiger partial charge is 0.261 e. The monoisotopic (exact) mass is 490 g/mol. The summed E-state index contributed by atoms with van der Waals surface area (Å²) in [7, 11) is 0. The summed E-state index contributed by atoms with van der Waals surface area (Å²) in [5.74, 6) is -0.566. The molecule has 0 aliphatic carbocycles. The molecular weight excluding hydrogens is 471 g/mol. The van der Waals surface area contributed by atoms with E-state index in [1.54, 1.807) is 17.2 Å². The number of pyridine rings is 2. The van der Waals surface area contributed by atoms with E-state index >= 15 is 0 Å². The van der Waals surface area contributed by atoms with Gasteiger partial charge in [-0.25, -0.2) is 14.4 Å². The highest BCUT2D eigenvalue weighted by Crippen LogP contribution is 2.33. The van der Waals surface area contributed by atoms with Crippen LogP contribution in [0.4, 0.5) is 9.52 Å². The number of nitrogens with zero attached hydrogens (tertiary/aromatic N) is 4.